The molecule has 1 saturated carbocycles. The third kappa shape index (κ3) is 2.06. The summed E-state index contributed by atoms with van der Waals surface area (Å²) in [7, 11) is 0. The van der Waals surface area contributed by atoms with E-state index in [9.17, 15) is 0 Å². The largest absolute Gasteiger partial charge is 0.353 e. The van der Waals surface area contributed by atoms with Crippen LogP contribution in [0.2, 0.25) is 10.0 Å². The van der Waals surface area contributed by atoms with Crippen LogP contribution in [0.25, 0.3) is 0 Å². The second-order valence-corrected chi connectivity index (χ2v) is 5.68. The van der Waals surface area contributed by atoms with Crippen molar-refractivity contribution in [1.29, 1.82) is 0 Å². The van der Waals surface area contributed by atoms with E-state index in [2.05, 4.69) is 22.5 Å². The standard InChI is InChI=1S/C13H15Cl2N3/c1-7-11-10(6-5-9(14)12(11)15)18-13(16-7)17-8-3-2-4-8/h5-8H,2-4H2,1H3,(H2,16,17,18). The first-order valence-electron chi connectivity index (χ1n) is 6.25. The van der Waals surface area contributed by atoms with Crippen molar-refractivity contribution in [2.75, 3.05) is 0 Å². The summed E-state index contributed by atoms with van der Waals surface area (Å²) in [5.74, 6) is 0.845. The highest BCUT2D eigenvalue weighted by molar-refractivity contribution is 6.42. The summed E-state index contributed by atoms with van der Waals surface area (Å²) >= 11 is 12.3. The van der Waals surface area contributed by atoms with Crippen molar-refractivity contribution in [2.24, 2.45) is 4.99 Å². The number of halogens is 2. The molecular formula is C13H15Cl2N3. The molecule has 0 amide bonds. The fourth-order valence-electron chi connectivity index (χ4n) is 2.32. The molecule has 5 heteroatoms. The molecule has 1 fully saturated rings. The molecule has 0 bridgehead atoms. The summed E-state index contributed by atoms with van der Waals surface area (Å²) in [4.78, 5) is 4.57. The number of aliphatic imine (C=N–C) groups is 1. The van der Waals surface area contributed by atoms with Gasteiger partial charge < -0.3 is 10.6 Å². The highest BCUT2D eigenvalue weighted by Gasteiger charge is 2.25. The fourth-order valence-corrected chi connectivity index (χ4v) is 2.80. The molecule has 1 unspecified atom stereocenters. The van der Waals surface area contributed by atoms with Crippen LogP contribution < -0.4 is 10.6 Å². The van der Waals surface area contributed by atoms with Gasteiger partial charge in [0.15, 0.2) is 5.96 Å². The molecule has 96 valence electrons. The van der Waals surface area contributed by atoms with Crippen LogP contribution in [0.15, 0.2) is 17.1 Å². The van der Waals surface area contributed by atoms with Crippen molar-refractivity contribution in [2.45, 2.75) is 38.3 Å². The maximum Gasteiger partial charge on any atom is 0.197 e. The first-order valence-corrected chi connectivity index (χ1v) is 7.00. The van der Waals surface area contributed by atoms with Gasteiger partial charge in [-0.3, -0.25) is 0 Å². The van der Waals surface area contributed by atoms with E-state index in [1.54, 1.807) is 6.07 Å². The number of hydrogen-bond donors (Lipinski definition) is 2. The monoisotopic (exact) mass is 283 g/mol. The van der Waals surface area contributed by atoms with Crippen LogP contribution >= 0.6 is 23.2 Å². The van der Waals surface area contributed by atoms with Crippen LogP contribution in [0, 0.1) is 0 Å². The van der Waals surface area contributed by atoms with Gasteiger partial charge in [0.1, 0.15) is 0 Å². The van der Waals surface area contributed by atoms with E-state index in [4.69, 9.17) is 23.2 Å². The van der Waals surface area contributed by atoms with Crippen LogP contribution in [-0.4, -0.2) is 12.0 Å². The lowest BCUT2D eigenvalue weighted by molar-refractivity contribution is 0.378. The Hall–Kier alpha value is -0.930. The smallest absolute Gasteiger partial charge is 0.197 e. The summed E-state index contributed by atoms with van der Waals surface area (Å²) in [6.07, 6.45) is 3.76. The number of hydrogen-bond acceptors (Lipinski definition) is 3. The topological polar surface area (TPSA) is 36.4 Å². The lowest BCUT2D eigenvalue weighted by Gasteiger charge is -2.32. The van der Waals surface area contributed by atoms with Gasteiger partial charge in [-0.05, 0) is 38.3 Å². The molecule has 3 nitrogen and oxygen atoms in total. The van der Waals surface area contributed by atoms with Crippen LogP contribution in [0.5, 0.6) is 0 Å². The van der Waals surface area contributed by atoms with Gasteiger partial charge >= 0.3 is 0 Å². The van der Waals surface area contributed by atoms with Crippen molar-refractivity contribution in [3.05, 3.63) is 27.7 Å². The predicted molar refractivity (Wildman–Crippen MR) is 75.9 cm³/mol. The van der Waals surface area contributed by atoms with Gasteiger partial charge in [0, 0.05) is 11.6 Å². The summed E-state index contributed by atoms with van der Waals surface area (Å²) in [5, 5.41) is 7.94. The molecule has 1 heterocycles. The quantitative estimate of drug-likeness (QED) is 0.823. The number of nitrogens with one attached hydrogen (secondary N) is 2. The van der Waals surface area contributed by atoms with Crippen LogP contribution in [-0.2, 0) is 0 Å². The molecule has 0 radical (unpaired) electrons. The molecule has 1 aliphatic carbocycles. The molecule has 3 rings (SSSR count). The minimum Gasteiger partial charge on any atom is -0.353 e. The van der Waals surface area contributed by atoms with Gasteiger partial charge in [0.05, 0.1) is 21.8 Å². The van der Waals surface area contributed by atoms with Crippen molar-refractivity contribution in [1.82, 2.24) is 10.6 Å². The highest BCUT2D eigenvalue weighted by atomic mass is 35.5. The third-order valence-electron chi connectivity index (χ3n) is 3.57. The Labute approximate surface area is 117 Å². The molecule has 2 aliphatic rings. The molecule has 0 saturated heterocycles. The Morgan fingerprint density at radius 1 is 1.33 bits per heavy atom. The molecule has 0 spiro atoms. The van der Waals surface area contributed by atoms with Crippen molar-refractivity contribution in [3.63, 3.8) is 0 Å². The molecular weight excluding hydrogens is 269 g/mol. The molecule has 1 atom stereocenters. The normalized spacial score (nSPS) is 22.6. The zero-order valence-corrected chi connectivity index (χ0v) is 11.6. The van der Waals surface area contributed by atoms with Crippen molar-refractivity contribution >= 4 is 34.8 Å². The minimum absolute atomic E-state index is 0.117. The summed E-state index contributed by atoms with van der Waals surface area (Å²) < 4.78 is 0. The Morgan fingerprint density at radius 3 is 2.78 bits per heavy atom. The van der Waals surface area contributed by atoms with E-state index in [0.29, 0.717) is 16.1 Å². The summed E-state index contributed by atoms with van der Waals surface area (Å²) in [6, 6.07) is 4.40. The van der Waals surface area contributed by atoms with Gasteiger partial charge in [-0.2, -0.15) is 0 Å². The Balaban J connectivity index is 1.92. The maximum atomic E-state index is 6.24. The molecule has 18 heavy (non-hydrogen) atoms. The van der Waals surface area contributed by atoms with E-state index < -0.39 is 0 Å². The van der Waals surface area contributed by atoms with E-state index in [1.165, 1.54) is 19.3 Å². The van der Waals surface area contributed by atoms with E-state index in [-0.39, 0.29) is 6.04 Å². The van der Waals surface area contributed by atoms with Gasteiger partial charge in [-0.15, -0.1) is 0 Å². The number of fused-ring (bicyclic) bond motifs is 1. The van der Waals surface area contributed by atoms with E-state index in [1.807, 2.05) is 6.07 Å². The highest BCUT2D eigenvalue weighted by Crippen LogP contribution is 2.39. The first-order chi connectivity index (χ1) is 8.65. The van der Waals surface area contributed by atoms with E-state index >= 15 is 0 Å². The second kappa shape index (κ2) is 4.63. The first kappa shape index (κ1) is 12.1. The predicted octanol–water partition coefficient (Wildman–Crippen LogP) is 3.79. The Kier molecular flexibility index (Phi) is 3.12. The summed E-state index contributed by atoms with van der Waals surface area (Å²) in [5.41, 5.74) is 1.88. The average Bonchev–Trinajstić information content (AvgIpc) is 2.28. The van der Waals surface area contributed by atoms with Crippen LogP contribution in [0.3, 0.4) is 0 Å². The Bertz CT molecular complexity index is 509. The van der Waals surface area contributed by atoms with Crippen molar-refractivity contribution < 1.29 is 0 Å². The van der Waals surface area contributed by atoms with Gasteiger partial charge in [0.2, 0.25) is 0 Å². The molecule has 1 aliphatic heterocycles. The molecule has 2 N–H and O–H groups in total. The third-order valence-corrected chi connectivity index (χ3v) is 4.39. The zero-order valence-electron chi connectivity index (χ0n) is 10.1. The summed E-state index contributed by atoms with van der Waals surface area (Å²) in [6.45, 7) is 2.07. The van der Waals surface area contributed by atoms with Crippen LogP contribution in [0.4, 0.5) is 5.69 Å². The SMILES string of the molecule is CC1NC(NC2CCC2)=Nc2ccc(Cl)c(Cl)c21. The lowest BCUT2D eigenvalue weighted by Crippen LogP contribution is -2.47. The molecule has 1 aromatic rings. The van der Waals surface area contributed by atoms with Gasteiger partial charge in [0.25, 0.3) is 0 Å². The fraction of sp³-hybridized carbons (Fsp3) is 0.462. The number of nitrogens with zero attached hydrogens (tertiary/aromatic N) is 1. The number of benzene rings is 1. The van der Waals surface area contributed by atoms with Gasteiger partial charge in [-0.1, -0.05) is 23.2 Å². The lowest BCUT2D eigenvalue weighted by atomic mass is 9.93. The maximum absolute atomic E-state index is 6.24. The molecule has 0 aromatic heterocycles. The van der Waals surface area contributed by atoms with E-state index in [0.717, 1.165) is 17.2 Å². The van der Waals surface area contributed by atoms with Crippen LogP contribution in [0.1, 0.15) is 37.8 Å². The minimum atomic E-state index is 0.117. The zero-order chi connectivity index (χ0) is 12.7. The number of guanidine groups is 1. The average molecular weight is 284 g/mol. The van der Waals surface area contributed by atoms with Gasteiger partial charge in [-0.25, -0.2) is 4.99 Å². The second-order valence-electron chi connectivity index (χ2n) is 4.89. The Morgan fingerprint density at radius 2 is 2.11 bits per heavy atom. The van der Waals surface area contributed by atoms with Crippen molar-refractivity contribution in [3.8, 4) is 0 Å². The number of rotatable bonds is 1. The molecule has 1 aromatic carbocycles.